The lowest BCUT2D eigenvalue weighted by Gasteiger charge is -2.36. The Morgan fingerprint density at radius 1 is 1.10 bits per heavy atom. The highest BCUT2D eigenvalue weighted by atomic mass is 19.4. The maximum Gasteiger partial charge on any atom is 0.393 e. The van der Waals surface area contributed by atoms with Crippen molar-refractivity contribution in [3.63, 3.8) is 0 Å². The number of hydrogen-bond donors (Lipinski definition) is 2. The second kappa shape index (κ2) is 10.5. The number of pyridine rings is 1. The van der Waals surface area contributed by atoms with Gasteiger partial charge in [0.05, 0.1) is 23.2 Å². The van der Waals surface area contributed by atoms with Crippen LogP contribution in [0.3, 0.4) is 0 Å². The fraction of sp³-hybridized carbons (Fsp3) is 0.231. The number of rotatable bonds is 6. The molecule has 0 unspecified atom stereocenters. The summed E-state index contributed by atoms with van der Waals surface area (Å²) >= 11 is 0. The molecule has 2 N–H and O–H groups in total. The number of benzene rings is 1. The van der Waals surface area contributed by atoms with E-state index in [1.165, 1.54) is 0 Å². The molecule has 4 aromatic rings. The monoisotopic (exact) mass is 537 g/mol. The highest BCUT2D eigenvalue weighted by Gasteiger charge is 2.46. The Balaban J connectivity index is 1.28. The van der Waals surface area contributed by atoms with Crippen LogP contribution in [0.1, 0.15) is 28.7 Å². The molecule has 200 valence electrons. The molecule has 0 spiro atoms. The van der Waals surface area contributed by atoms with Gasteiger partial charge in [-0.15, -0.1) is 0 Å². The van der Waals surface area contributed by atoms with Crippen LogP contribution in [0.15, 0.2) is 71.9 Å². The van der Waals surface area contributed by atoms with Crippen LogP contribution in [0.25, 0.3) is 22.8 Å². The number of aromatic nitrogens is 5. The van der Waals surface area contributed by atoms with Gasteiger partial charge in [-0.25, -0.2) is 4.98 Å². The number of likely N-dealkylation sites (tertiary alicyclic amines) is 1. The lowest BCUT2D eigenvalue weighted by Crippen LogP contribution is -2.47. The summed E-state index contributed by atoms with van der Waals surface area (Å²) < 4.78 is 45.8. The second-order valence-electron chi connectivity index (χ2n) is 8.98. The number of amides is 2. The molecule has 3 aromatic heterocycles. The van der Waals surface area contributed by atoms with Crippen molar-refractivity contribution in [2.75, 3.05) is 18.4 Å². The number of carbonyl (C=O) groups is 2. The third-order valence-electron chi connectivity index (χ3n) is 6.35. The highest BCUT2D eigenvalue weighted by molar-refractivity contribution is 6.03. The molecule has 1 saturated heterocycles. The molecular formula is C26H22F3N7O3. The van der Waals surface area contributed by atoms with Crippen LogP contribution < -0.4 is 5.32 Å². The summed E-state index contributed by atoms with van der Waals surface area (Å²) in [6, 6.07) is 13.3. The Labute approximate surface area is 219 Å². The number of piperidine rings is 1. The van der Waals surface area contributed by atoms with Crippen molar-refractivity contribution < 1.29 is 27.3 Å². The van der Waals surface area contributed by atoms with E-state index in [0.29, 0.717) is 22.6 Å². The van der Waals surface area contributed by atoms with Gasteiger partial charge in [-0.3, -0.25) is 14.7 Å². The van der Waals surface area contributed by atoms with E-state index in [1.807, 2.05) is 0 Å². The molecule has 13 heteroatoms. The topological polar surface area (TPSA) is 130 Å². The van der Waals surface area contributed by atoms with Gasteiger partial charge in [0.15, 0.2) is 0 Å². The number of hydrogen-bond acceptors (Lipinski definition) is 7. The Morgan fingerprint density at radius 3 is 2.59 bits per heavy atom. The number of H-pyrrole nitrogens is 1. The molecule has 2 amide bonds. The molecule has 10 nitrogen and oxygen atoms in total. The highest BCUT2D eigenvalue weighted by Crippen LogP contribution is 2.39. The molecule has 1 aliphatic rings. The Morgan fingerprint density at radius 2 is 1.90 bits per heavy atom. The van der Waals surface area contributed by atoms with Crippen LogP contribution >= 0.6 is 0 Å². The van der Waals surface area contributed by atoms with Crippen molar-refractivity contribution in [2.24, 2.45) is 5.92 Å². The molecule has 0 aliphatic carbocycles. The third kappa shape index (κ3) is 5.71. The molecule has 2 atom stereocenters. The average molecular weight is 538 g/mol. The number of alkyl halides is 3. The largest absolute Gasteiger partial charge is 0.393 e. The Bertz CT molecular complexity index is 1480. The van der Waals surface area contributed by atoms with Gasteiger partial charge in [-0.1, -0.05) is 17.8 Å². The molecule has 0 saturated carbocycles. The zero-order chi connectivity index (χ0) is 27.6. The van der Waals surface area contributed by atoms with Crippen LogP contribution in [0.2, 0.25) is 0 Å². The number of halogens is 3. The third-order valence-corrected chi connectivity index (χ3v) is 6.35. The van der Waals surface area contributed by atoms with E-state index in [2.05, 4.69) is 37.2 Å². The number of aromatic amines is 1. The SMILES string of the molecule is C=CC(=O)N1C[C@@H](c2nc(-c3ccc(NC(=O)c4cccc(-c5ccn[nH]5)n4)cc3)no2)C[C@H](C(F)(F)F)C1. The molecule has 1 aliphatic heterocycles. The maximum atomic E-state index is 13.5. The Hall–Kier alpha value is -4.81. The van der Waals surface area contributed by atoms with Gasteiger partial charge in [-0.2, -0.15) is 23.3 Å². The van der Waals surface area contributed by atoms with E-state index in [9.17, 15) is 22.8 Å². The first-order chi connectivity index (χ1) is 18.7. The number of nitrogens with zero attached hydrogens (tertiary/aromatic N) is 5. The number of carbonyl (C=O) groups excluding carboxylic acids is 2. The maximum absolute atomic E-state index is 13.5. The van der Waals surface area contributed by atoms with Gasteiger partial charge in [0.2, 0.25) is 17.6 Å². The summed E-state index contributed by atoms with van der Waals surface area (Å²) in [5.74, 6) is -3.31. The van der Waals surface area contributed by atoms with E-state index in [0.717, 1.165) is 11.0 Å². The first-order valence-corrected chi connectivity index (χ1v) is 11.9. The van der Waals surface area contributed by atoms with Gasteiger partial charge in [0.1, 0.15) is 5.69 Å². The number of anilines is 1. The van der Waals surface area contributed by atoms with Crippen molar-refractivity contribution in [3.05, 3.63) is 79.0 Å². The van der Waals surface area contributed by atoms with Crippen molar-refractivity contribution >= 4 is 17.5 Å². The predicted octanol–water partition coefficient (Wildman–Crippen LogP) is 4.45. The molecule has 5 rings (SSSR count). The second-order valence-corrected chi connectivity index (χ2v) is 8.98. The van der Waals surface area contributed by atoms with Gasteiger partial charge >= 0.3 is 6.18 Å². The van der Waals surface area contributed by atoms with E-state index in [-0.39, 0.29) is 30.4 Å². The summed E-state index contributed by atoms with van der Waals surface area (Å²) in [6.07, 6.45) is -2.17. The minimum absolute atomic E-state index is 0.0135. The molecule has 0 radical (unpaired) electrons. The summed E-state index contributed by atoms with van der Waals surface area (Å²) in [5.41, 5.74) is 2.47. The first kappa shape index (κ1) is 25.8. The zero-order valence-electron chi connectivity index (χ0n) is 20.4. The van der Waals surface area contributed by atoms with Crippen LogP contribution in [-0.2, 0) is 4.79 Å². The standard InChI is InChI=1S/C26H22F3N7O3/c1-2-22(37)36-13-16(12-17(14-36)26(27,28)29)25-33-23(35-39-25)15-6-8-18(9-7-15)31-24(38)21-5-3-4-19(32-21)20-10-11-30-34-20/h2-11,16-17H,1,12-14H2,(H,30,34)(H,31,38)/t16-,17-/m0/s1. The van der Waals surface area contributed by atoms with Gasteiger partial charge in [0.25, 0.3) is 5.91 Å². The van der Waals surface area contributed by atoms with Crippen molar-refractivity contribution in [1.82, 2.24) is 30.2 Å². The molecule has 1 fully saturated rings. The summed E-state index contributed by atoms with van der Waals surface area (Å²) in [6.45, 7) is 2.93. The molecule has 39 heavy (non-hydrogen) atoms. The summed E-state index contributed by atoms with van der Waals surface area (Å²) in [4.78, 5) is 34.5. The minimum atomic E-state index is -4.47. The van der Waals surface area contributed by atoms with E-state index < -0.39 is 36.4 Å². The Kier molecular flexibility index (Phi) is 6.96. The van der Waals surface area contributed by atoms with E-state index in [4.69, 9.17) is 4.52 Å². The lowest BCUT2D eigenvalue weighted by atomic mass is 9.88. The van der Waals surface area contributed by atoms with Crippen LogP contribution in [0.4, 0.5) is 18.9 Å². The average Bonchev–Trinajstić information content (AvgIpc) is 3.66. The predicted molar refractivity (Wildman–Crippen MR) is 133 cm³/mol. The molecule has 1 aromatic carbocycles. The zero-order valence-corrected chi connectivity index (χ0v) is 20.4. The minimum Gasteiger partial charge on any atom is -0.339 e. The van der Waals surface area contributed by atoms with Crippen molar-refractivity contribution in [2.45, 2.75) is 18.5 Å². The molecule has 0 bridgehead atoms. The van der Waals surface area contributed by atoms with Gasteiger partial charge in [-0.05, 0) is 55.0 Å². The fourth-order valence-corrected chi connectivity index (χ4v) is 4.35. The smallest absolute Gasteiger partial charge is 0.339 e. The van der Waals surface area contributed by atoms with Crippen LogP contribution in [0, 0.1) is 5.92 Å². The fourth-order valence-electron chi connectivity index (χ4n) is 4.35. The van der Waals surface area contributed by atoms with Crippen molar-refractivity contribution in [3.8, 4) is 22.8 Å². The molecular weight excluding hydrogens is 515 g/mol. The van der Waals surface area contributed by atoms with E-state index >= 15 is 0 Å². The van der Waals surface area contributed by atoms with Crippen LogP contribution in [-0.4, -0.2) is 61.3 Å². The summed E-state index contributed by atoms with van der Waals surface area (Å²) in [5, 5.41) is 13.4. The first-order valence-electron chi connectivity index (χ1n) is 11.9. The quantitative estimate of drug-likeness (QED) is 0.348. The van der Waals surface area contributed by atoms with Crippen molar-refractivity contribution in [1.29, 1.82) is 0 Å². The molecule has 4 heterocycles. The van der Waals surface area contributed by atoms with E-state index in [1.54, 1.807) is 54.7 Å². The lowest BCUT2D eigenvalue weighted by molar-refractivity contribution is -0.189. The van der Waals surface area contributed by atoms with Gasteiger partial charge < -0.3 is 14.7 Å². The van der Waals surface area contributed by atoms with Gasteiger partial charge in [0, 0.05) is 30.5 Å². The summed E-state index contributed by atoms with van der Waals surface area (Å²) in [7, 11) is 0. The number of nitrogens with one attached hydrogen (secondary N) is 2. The van der Waals surface area contributed by atoms with Crippen LogP contribution in [0.5, 0.6) is 0 Å². The normalized spacial score (nSPS) is 17.6.